The topological polar surface area (TPSA) is 41.8 Å². The van der Waals surface area contributed by atoms with Gasteiger partial charge in [-0.25, -0.2) is 4.39 Å². The van der Waals surface area contributed by atoms with Crippen LogP contribution in [-0.4, -0.2) is 11.5 Å². The van der Waals surface area contributed by atoms with E-state index >= 15 is 0 Å². The highest BCUT2D eigenvalue weighted by atomic mass is 79.9. The van der Waals surface area contributed by atoms with Gasteiger partial charge in [-0.15, -0.1) is 0 Å². The third-order valence-electron chi connectivity index (χ3n) is 2.23. The summed E-state index contributed by atoms with van der Waals surface area (Å²) >= 11 is 3.40. The van der Waals surface area contributed by atoms with Gasteiger partial charge < -0.3 is 10.7 Å². The van der Waals surface area contributed by atoms with Crippen LogP contribution in [0.15, 0.2) is 22.8 Å². The molecule has 3 N–H and O–H groups in total. The average Bonchev–Trinajstić information content (AvgIpc) is 2.58. The predicted octanol–water partition coefficient (Wildman–Crippen LogP) is 2.57. The van der Waals surface area contributed by atoms with Crippen LogP contribution in [0.5, 0.6) is 0 Å². The smallest absolute Gasteiger partial charge is 0.147 e. The summed E-state index contributed by atoms with van der Waals surface area (Å²) in [5.41, 5.74) is 7.07. The molecule has 0 radical (unpaired) electrons. The van der Waals surface area contributed by atoms with Crippen molar-refractivity contribution < 1.29 is 4.39 Å². The van der Waals surface area contributed by atoms with E-state index in [-0.39, 0.29) is 5.82 Å². The molecule has 2 aromatic rings. The predicted molar refractivity (Wildman–Crippen MR) is 58.7 cm³/mol. The molecular weight excluding hydrogens is 247 g/mol. The molecule has 0 aliphatic rings. The molecule has 1 aromatic heterocycles. The molecule has 0 bridgehead atoms. The van der Waals surface area contributed by atoms with Gasteiger partial charge in [-0.3, -0.25) is 0 Å². The second-order valence-electron chi connectivity index (χ2n) is 3.13. The molecule has 0 spiro atoms. The fourth-order valence-electron chi connectivity index (χ4n) is 1.59. The Hall–Kier alpha value is -0.870. The zero-order valence-corrected chi connectivity index (χ0v) is 9.07. The summed E-state index contributed by atoms with van der Waals surface area (Å²) in [6, 6.07) is 3.15. The molecule has 74 valence electrons. The van der Waals surface area contributed by atoms with Crippen molar-refractivity contribution in [2.45, 2.75) is 6.42 Å². The van der Waals surface area contributed by atoms with Crippen LogP contribution in [0, 0.1) is 5.82 Å². The van der Waals surface area contributed by atoms with Crippen LogP contribution in [0.4, 0.5) is 4.39 Å². The van der Waals surface area contributed by atoms with Crippen LogP contribution in [-0.2, 0) is 6.42 Å². The summed E-state index contributed by atoms with van der Waals surface area (Å²) in [6.45, 7) is 0.565. The van der Waals surface area contributed by atoms with Gasteiger partial charge in [-0.05, 0) is 30.7 Å². The quantitative estimate of drug-likeness (QED) is 0.853. The number of aromatic nitrogens is 1. The number of aromatic amines is 1. The van der Waals surface area contributed by atoms with Crippen LogP contribution >= 0.6 is 15.9 Å². The van der Waals surface area contributed by atoms with Crippen molar-refractivity contribution in [2.75, 3.05) is 6.54 Å². The van der Waals surface area contributed by atoms with Gasteiger partial charge in [0.15, 0.2) is 0 Å². The summed E-state index contributed by atoms with van der Waals surface area (Å²) in [5.74, 6) is -0.230. The Labute approximate surface area is 89.4 Å². The largest absolute Gasteiger partial charge is 0.358 e. The molecule has 0 atom stereocenters. The number of nitrogens with one attached hydrogen (secondary N) is 1. The van der Waals surface area contributed by atoms with Crippen molar-refractivity contribution in [3.05, 3.63) is 34.2 Å². The first-order valence-electron chi connectivity index (χ1n) is 4.38. The number of fused-ring (bicyclic) bond motifs is 1. The number of H-pyrrole nitrogens is 1. The molecule has 2 rings (SSSR count). The molecule has 0 saturated carbocycles. The average molecular weight is 257 g/mol. The summed E-state index contributed by atoms with van der Waals surface area (Å²) < 4.78 is 14.2. The van der Waals surface area contributed by atoms with E-state index in [0.29, 0.717) is 12.1 Å². The molecule has 2 nitrogen and oxygen atoms in total. The Morgan fingerprint density at radius 2 is 2.21 bits per heavy atom. The second-order valence-corrected chi connectivity index (χ2v) is 3.99. The lowest BCUT2D eigenvalue weighted by Gasteiger charge is -1.99. The standard InChI is InChI=1S/C10H10BrFN2/c11-7-1-2-8(12)10-9(7)6(3-4-13)5-14-10/h1-2,5,14H,3-4,13H2. The summed E-state index contributed by atoms with van der Waals surface area (Å²) in [4.78, 5) is 2.92. The highest BCUT2D eigenvalue weighted by Gasteiger charge is 2.09. The van der Waals surface area contributed by atoms with Gasteiger partial charge in [-0.1, -0.05) is 15.9 Å². The molecule has 0 amide bonds. The molecule has 1 aromatic carbocycles. The molecule has 4 heteroatoms. The lowest BCUT2D eigenvalue weighted by molar-refractivity contribution is 0.637. The van der Waals surface area contributed by atoms with Crippen molar-refractivity contribution in [1.82, 2.24) is 4.98 Å². The number of rotatable bonds is 2. The normalized spacial score (nSPS) is 11.1. The van der Waals surface area contributed by atoms with E-state index in [1.165, 1.54) is 6.07 Å². The van der Waals surface area contributed by atoms with Gasteiger partial charge in [0.05, 0.1) is 5.52 Å². The Morgan fingerprint density at radius 1 is 1.43 bits per heavy atom. The van der Waals surface area contributed by atoms with Crippen molar-refractivity contribution >= 4 is 26.8 Å². The van der Waals surface area contributed by atoms with Crippen LogP contribution < -0.4 is 5.73 Å². The van der Waals surface area contributed by atoms with Crippen LogP contribution in [0.2, 0.25) is 0 Å². The highest BCUT2D eigenvalue weighted by molar-refractivity contribution is 9.10. The fraction of sp³-hybridized carbons (Fsp3) is 0.200. The summed E-state index contributed by atoms with van der Waals surface area (Å²) in [5, 5.41) is 0.899. The molecule has 0 aliphatic heterocycles. The van der Waals surface area contributed by atoms with E-state index in [0.717, 1.165) is 21.8 Å². The molecular formula is C10H10BrFN2. The number of hydrogen-bond acceptors (Lipinski definition) is 1. The molecule has 14 heavy (non-hydrogen) atoms. The molecule has 0 fully saturated rings. The van der Waals surface area contributed by atoms with Gasteiger partial charge in [-0.2, -0.15) is 0 Å². The zero-order chi connectivity index (χ0) is 10.1. The van der Waals surface area contributed by atoms with Gasteiger partial charge >= 0.3 is 0 Å². The third kappa shape index (κ3) is 1.44. The second kappa shape index (κ2) is 3.71. The first kappa shape index (κ1) is 9.68. The molecule has 0 saturated heterocycles. The summed E-state index contributed by atoms with van der Waals surface area (Å²) in [7, 11) is 0. The first-order chi connectivity index (χ1) is 6.74. The van der Waals surface area contributed by atoms with Crippen molar-refractivity contribution in [1.29, 1.82) is 0 Å². The van der Waals surface area contributed by atoms with Crippen LogP contribution in [0.1, 0.15) is 5.56 Å². The van der Waals surface area contributed by atoms with Crippen LogP contribution in [0.3, 0.4) is 0 Å². The highest BCUT2D eigenvalue weighted by Crippen LogP contribution is 2.28. The Bertz CT molecular complexity index is 464. The number of hydrogen-bond donors (Lipinski definition) is 2. The van der Waals surface area contributed by atoms with Gasteiger partial charge in [0, 0.05) is 16.1 Å². The Kier molecular flexibility index (Phi) is 2.56. The number of halogens is 2. The van der Waals surface area contributed by atoms with Crippen molar-refractivity contribution in [2.24, 2.45) is 5.73 Å². The van der Waals surface area contributed by atoms with E-state index in [1.807, 2.05) is 6.20 Å². The SMILES string of the molecule is NCCc1c[nH]c2c(F)ccc(Br)c12. The number of benzene rings is 1. The zero-order valence-electron chi connectivity index (χ0n) is 7.48. The van der Waals surface area contributed by atoms with Gasteiger partial charge in [0.1, 0.15) is 5.82 Å². The number of nitrogens with two attached hydrogens (primary N) is 1. The van der Waals surface area contributed by atoms with Crippen LogP contribution in [0.25, 0.3) is 10.9 Å². The van der Waals surface area contributed by atoms with Gasteiger partial charge in [0.25, 0.3) is 0 Å². The van der Waals surface area contributed by atoms with Gasteiger partial charge in [0.2, 0.25) is 0 Å². The van der Waals surface area contributed by atoms with E-state index in [2.05, 4.69) is 20.9 Å². The molecule has 1 heterocycles. The van der Waals surface area contributed by atoms with E-state index < -0.39 is 0 Å². The molecule has 0 aliphatic carbocycles. The van der Waals surface area contributed by atoms with E-state index in [4.69, 9.17) is 5.73 Å². The maximum absolute atomic E-state index is 13.3. The maximum Gasteiger partial charge on any atom is 0.147 e. The minimum absolute atomic E-state index is 0.230. The summed E-state index contributed by atoms with van der Waals surface area (Å²) in [6.07, 6.45) is 2.56. The Morgan fingerprint density at radius 3 is 2.93 bits per heavy atom. The molecule has 0 unspecified atom stereocenters. The maximum atomic E-state index is 13.3. The minimum Gasteiger partial charge on any atom is -0.358 e. The fourth-order valence-corrected chi connectivity index (χ4v) is 2.18. The lowest BCUT2D eigenvalue weighted by atomic mass is 10.1. The lowest BCUT2D eigenvalue weighted by Crippen LogP contribution is -2.01. The van der Waals surface area contributed by atoms with Crippen molar-refractivity contribution in [3.63, 3.8) is 0 Å². The third-order valence-corrected chi connectivity index (χ3v) is 2.89. The van der Waals surface area contributed by atoms with Crippen molar-refractivity contribution in [3.8, 4) is 0 Å². The van der Waals surface area contributed by atoms with E-state index in [1.54, 1.807) is 6.07 Å². The first-order valence-corrected chi connectivity index (χ1v) is 5.17. The minimum atomic E-state index is -0.230. The Balaban J connectivity index is 2.70. The monoisotopic (exact) mass is 256 g/mol. The van der Waals surface area contributed by atoms with E-state index in [9.17, 15) is 4.39 Å².